The van der Waals surface area contributed by atoms with Crippen LogP contribution in [0.3, 0.4) is 0 Å². The standard InChI is InChI=1S/C15H17B/c16-6-3-7-11-8(4-6)13-10-2-5-1-9-12(7)15(11,13)14(5,9)10/h5-13H,1-4H2/t5?,6?,7-,8?,9?,10?,11?,12?,13?,14?,15?/m0/s1. The number of fused-ring (bicyclic) bond motifs is 4. The van der Waals surface area contributed by atoms with E-state index in [-0.39, 0.29) is 0 Å². The van der Waals surface area contributed by atoms with Crippen LogP contribution in [-0.4, -0.2) is 7.85 Å². The molecule has 2 radical (unpaired) electrons. The molecule has 10 unspecified atom stereocenters. The number of rotatable bonds is 0. The second kappa shape index (κ2) is 1.61. The maximum absolute atomic E-state index is 6.30. The summed E-state index contributed by atoms with van der Waals surface area (Å²) in [6.07, 6.45) is 6.09. The van der Waals surface area contributed by atoms with Gasteiger partial charge in [-0.15, -0.1) is 0 Å². The highest BCUT2D eigenvalue weighted by Gasteiger charge is 3.05. The van der Waals surface area contributed by atoms with Crippen molar-refractivity contribution in [1.29, 1.82) is 0 Å². The molecule has 80 valence electrons. The molecular formula is C15H17B. The fourth-order valence-corrected chi connectivity index (χ4v) is 9.86. The molecule has 7 aliphatic rings. The lowest BCUT2D eigenvalue weighted by atomic mass is 8.94. The minimum atomic E-state index is 0.580. The highest BCUT2D eigenvalue weighted by molar-refractivity contribution is 6.11. The molecule has 0 amide bonds. The molecule has 2 spiro atoms. The van der Waals surface area contributed by atoms with Gasteiger partial charge in [-0.3, -0.25) is 0 Å². The normalized spacial score (nSPS) is 90.9. The van der Waals surface area contributed by atoms with Gasteiger partial charge in [-0.05, 0) is 71.0 Å². The van der Waals surface area contributed by atoms with Gasteiger partial charge in [0.2, 0.25) is 0 Å². The summed E-state index contributed by atoms with van der Waals surface area (Å²) in [4.78, 5) is 0. The summed E-state index contributed by atoms with van der Waals surface area (Å²) in [5, 5.41) is 0. The first-order valence-electron chi connectivity index (χ1n) is 7.58. The van der Waals surface area contributed by atoms with Gasteiger partial charge in [0.05, 0.1) is 7.85 Å². The lowest BCUT2D eigenvalue weighted by molar-refractivity contribution is -0.626. The van der Waals surface area contributed by atoms with E-state index in [4.69, 9.17) is 7.85 Å². The summed E-state index contributed by atoms with van der Waals surface area (Å²) in [6.45, 7) is 0. The lowest BCUT2D eigenvalue weighted by Crippen LogP contribution is -3.05. The van der Waals surface area contributed by atoms with Crippen LogP contribution in [0.4, 0.5) is 0 Å². The zero-order chi connectivity index (χ0) is 10.0. The molecule has 0 bridgehead atoms. The largest absolute Gasteiger partial charge is 0.0768 e. The molecule has 0 aromatic heterocycles. The molecule has 16 heavy (non-hydrogen) atoms. The molecule has 1 heteroatoms. The van der Waals surface area contributed by atoms with Crippen LogP contribution in [-0.2, 0) is 0 Å². The van der Waals surface area contributed by atoms with Gasteiger partial charge in [-0.25, -0.2) is 0 Å². The third kappa shape index (κ3) is 0.332. The van der Waals surface area contributed by atoms with Crippen LogP contribution in [0.2, 0.25) is 5.82 Å². The van der Waals surface area contributed by atoms with Crippen LogP contribution in [0.5, 0.6) is 0 Å². The maximum atomic E-state index is 6.30. The van der Waals surface area contributed by atoms with Gasteiger partial charge in [-0.1, -0.05) is 18.7 Å². The van der Waals surface area contributed by atoms with Gasteiger partial charge in [0, 0.05) is 0 Å². The van der Waals surface area contributed by atoms with Gasteiger partial charge in [-0.2, -0.15) is 0 Å². The molecule has 0 aliphatic heterocycles. The summed E-state index contributed by atoms with van der Waals surface area (Å²) >= 11 is 0. The summed E-state index contributed by atoms with van der Waals surface area (Å²) in [6, 6.07) is 0. The average molecular weight is 208 g/mol. The predicted molar refractivity (Wildman–Crippen MR) is 60.8 cm³/mol. The zero-order valence-corrected chi connectivity index (χ0v) is 9.60. The highest BCUT2D eigenvalue weighted by Crippen LogP contribution is 3.09. The predicted octanol–water partition coefficient (Wildman–Crippen LogP) is 2.50. The van der Waals surface area contributed by atoms with E-state index in [0.29, 0.717) is 5.82 Å². The summed E-state index contributed by atoms with van der Waals surface area (Å²) in [7, 11) is 6.30. The SMILES string of the molecule is [B]C1CC2C3C4CC5CC6C7[C@@H](C1)C2C37C546. The van der Waals surface area contributed by atoms with Gasteiger partial charge in [0.15, 0.2) is 0 Å². The molecule has 7 aliphatic carbocycles. The third-order valence-electron chi connectivity index (χ3n) is 9.25. The Labute approximate surface area is 98.0 Å². The lowest BCUT2D eigenvalue weighted by Gasteiger charge is -3.09. The van der Waals surface area contributed by atoms with Crippen LogP contribution in [0.1, 0.15) is 25.7 Å². The highest BCUT2D eigenvalue weighted by atomic mass is 15.1. The summed E-state index contributed by atoms with van der Waals surface area (Å²) in [5.41, 5.74) is 2.01. The van der Waals surface area contributed by atoms with Crippen LogP contribution in [0.25, 0.3) is 0 Å². The van der Waals surface area contributed by atoms with Crippen molar-refractivity contribution in [2.24, 2.45) is 58.2 Å². The molecule has 0 aromatic rings. The van der Waals surface area contributed by atoms with Crippen molar-refractivity contribution in [3.8, 4) is 0 Å². The van der Waals surface area contributed by atoms with Crippen LogP contribution in [0.15, 0.2) is 0 Å². The maximum Gasteiger partial charge on any atom is 0.0699 e. The van der Waals surface area contributed by atoms with Gasteiger partial charge in [0.1, 0.15) is 0 Å². The Hall–Kier alpha value is 0.0649. The van der Waals surface area contributed by atoms with E-state index in [1.165, 1.54) is 48.3 Å². The molecule has 0 nitrogen and oxygen atoms in total. The van der Waals surface area contributed by atoms with E-state index >= 15 is 0 Å². The fraction of sp³-hybridized carbons (Fsp3) is 1.00. The first-order chi connectivity index (χ1) is 7.83. The van der Waals surface area contributed by atoms with Crippen molar-refractivity contribution in [3.63, 3.8) is 0 Å². The topological polar surface area (TPSA) is 0 Å². The van der Waals surface area contributed by atoms with E-state index in [0.717, 1.165) is 22.7 Å². The molecule has 7 fully saturated rings. The third-order valence-corrected chi connectivity index (χ3v) is 9.25. The molecule has 11 atom stereocenters. The smallest absolute Gasteiger partial charge is 0.0699 e. The van der Waals surface area contributed by atoms with Crippen molar-refractivity contribution in [3.05, 3.63) is 0 Å². The Kier molecular flexibility index (Phi) is 0.752. The minimum Gasteiger partial charge on any atom is -0.0768 e. The van der Waals surface area contributed by atoms with E-state index in [1.54, 1.807) is 12.8 Å². The Morgan fingerprint density at radius 2 is 1.38 bits per heavy atom. The average Bonchev–Trinajstić information content (AvgIpc) is 2.15. The second-order valence-corrected chi connectivity index (χ2v) is 8.38. The summed E-state index contributed by atoms with van der Waals surface area (Å²) < 4.78 is 0. The van der Waals surface area contributed by atoms with Gasteiger partial charge < -0.3 is 0 Å². The first kappa shape index (κ1) is 7.49. The Morgan fingerprint density at radius 3 is 1.94 bits per heavy atom. The van der Waals surface area contributed by atoms with Crippen LogP contribution < -0.4 is 0 Å². The Morgan fingerprint density at radius 1 is 0.750 bits per heavy atom. The van der Waals surface area contributed by atoms with E-state index < -0.39 is 0 Å². The zero-order valence-electron chi connectivity index (χ0n) is 9.60. The number of hydrogen-bond acceptors (Lipinski definition) is 0. The van der Waals surface area contributed by atoms with Crippen LogP contribution in [0, 0.1) is 58.2 Å². The molecule has 0 aromatic carbocycles. The van der Waals surface area contributed by atoms with E-state index in [2.05, 4.69) is 0 Å². The van der Waals surface area contributed by atoms with E-state index in [1.807, 2.05) is 0 Å². The van der Waals surface area contributed by atoms with Crippen molar-refractivity contribution in [1.82, 2.24) is 0 Å². The second-order valence-electron chi connectivity index (χ2n) is 8.38. The number of hydrogen-bond donors (Lipinski definition) is 0. The van der Waals surface area contributed by atoms with Crippen molar-refractivity contribution >= 4 is 7.85 Å². The minimum absolute atomic E-state index is 0.580. The molecule has 0 saturated heterocycles. The molecule has 7 saturated carbocycles. The Bertz CT molecular complexity index is 423. The monoisotopic (exact) mass is 208 g/mol. The fourth-order valence-electron chi connectivity index (χ4n) is 9.86. The molecular weight excluding hydrogens is 191 g/mol. The molecule has 0 N–H and O–H groups in total. The van der Waals surface area contributed by atoms with E-state index in [9.17, 15) is 0 Å². The van der Waals surface area contributed by atoms with Crippen molar-refractivity contribution in [2.75, 3.05) is 0 Å². The Balaban J connectivity index is 1.46. The quantitative estimate of drug-likeness (QED) is 0.536. The summed E-state index contributed by atoms with van der Waals surface area (Å²) in [5.74, 6) is 10.1. The van der Waals surface area contributed by atoms with Crippen molar-refractivity contribution in [2.45, 2.75) is 31.5 Å². The van der Waals surface area contributed by atoms with Gasteiger partial charge >= 0.3 is 0 Å². The molecule has 7 rings (SSSR count). The van der Waals surface area contributed by atoms with Crippen molar-refractivity contribution < 1.29 is 0 Å². The van der Waals surface area contributed by atoms with Gasteiger partial charge in [0.25, 0.3) is 0 Å². The molecule has 0 heterocycles. The van der Waals surface area contributed by atoms with Crippen LogP contribution >= 0.6 is 0 Å². The first-order valence-corrected chi connectivity index (χ1v) is 7.58.